The van der Waals surface area contributed by atoms with E-state index < -0.39 is 0 Å². The van der Waals surface area contributed by atoms with Gasteiger partial charge in [0.2, 0.25) is 5.75 Å². The molecule has 3 aromatic carbocycles. The number of ether oxygens (including phenoxy) is 4. The summed E-state index contributed by atoms with van der Waals surface area (Å²) in [5.74, 6) is 2.63. The number of nitrogens with one attached hydrogen (secondary N) is 1. The molecule has 0 heterocycles. The zero-order valence-corrected chi connectivity index (χ0v) is 20.5. The zero-order chi connectivity index (χ0) is 24.5. The Bertz CT molecular complexity index is 1060. The third-order valence-electron chi connectivity index (χ3n) is 5.44. The number of carbonyl (C=O) groups is 1. The SMILES string of the molecule is COc1cc(C(CC(C)C)NC(=O)c2cccc(COc3ccccc3)c2)cc(OC)c1OC. The molecule has 0 aromatic heterocycles. The Balaban J connectivity index is 1.81. The van der Waals surface area contributed by atoms with Crippen LogP contribution in [0.2, 0.25) is 0 Å². The predicted molar refractivity (Wildman–Crippen MR) is 133 cm³/mol. The van der Waals surface area contributed by atoms with E-state index in [4.69, 9.17) is 18.9 Å². The molecule has 0 aliphatic heterocycles. The first-order valence-corrected chi connectivity index (χ1v) is 11.3. The van der Waals surface area contributed by atoms with E-state index in [1.165, 1.54) is 0 Å². The Morgan fingerprint density at radius 1 is 0.853 bits per heavy atom. The van der Waals surface area contributed by atoms with Crippen molar-refractivity contribution in [3.8, 4) is 23.0 Å². The standard InChI is InChI=1S/C28H33NO5/c1-19(2)14-24(22-16-25(31-3)27(33-5)26(17-22)32-4)29-28(30)21-11-9-10-20(15-21)18-34-23-12-7-6-8-13-23/h6-13,15-17,19,24H,14,18H2,1-5H3,(H,29,30). The summed E-state index contributed by atoms with van der Waals surface area (Å²) in [7, 11) is 4.74. The molecule has 1 atom stereocenters. The Morgan fingerprint density at radius 2 is 1.53 bits per heavy atom. The summed E-state index contributed by atoms with van der Waals surface area (Å²) in [6.07, 6.45) is 0.751. The first kappa shape index (κ1) is 25.0. The molecule has 3 rings (SSSR count). The monoisotopic (exact) mass is 463 g/mol. The molecular weight excluding hydrogens is 430 g/mol. The van der Waals surface area contributed by atoms with Crippen LogP contribution in [-0.2, 0) is 6.61 Å². The molecule has 0 saturated heterocycles. The highest BCUT2D eigenvalue weighted by Crippen LogP contribution is 2.40. The molecular formula is C28H33NO5. The van der Waals surface area contributed by atoms with Gasteiger partial charge in [-0.1, -0.05) is 44.2 Å². The number of rotatable bonds is 11. The van der Waals surface area contributed by atoms with E-state index in [-0.39, 0.29) is 11.9 Å². The minimum absolute atomic E-state index is 0.152. The molecule has 6 heteroatoms. The van der Waals surface area contributed by atoms with Gasteiger partial charge in [-0.05, 0) is 59.9 Å². The molecule has 0 fully saturated rings. The number of hydrogen-bond donors (Lipinski definition) is 1. The van der Waals surface area contributed by atoms with Crippen molar-refractivity contribution >= 4 is 5.91 Å². The number of amides is 1. The molecule has 34 heavy (non-hydrogen) atoms. The quantitative estimate of drug-likeness (QED) is 0.389. The lowest BCUT2D eigenvalue weighted by atomic mass is 9.95. The van der Waals surface area contributed by atoms with Crippen molar-refractivity contribution in [2.75, 3.05) is 21.3 Å². The van der Waals surface area contributed by atoms with Crippen LogP contribution in [-0.4, -0.2) is 27.2 Å². The first-order chi connectivity index (χ1) is 16.4. The van der Waals surface area contributed by atoms with Crippen LogP contribution in [0.25, 0.3) is 0 Å². The Morgan fingerprint density at radius 3 is 2.12 bits per heavy atom. The van der Waals surface area contributed by atoms with Gasteiger partial charge in [0, 0.05) is 5.56 Å². The van der Waals surface area contributed by atoms with E-state index in [2.05, 4.69) is 19.2 Å². The second kappa shape index (κ2) is 12.0. The summed E-state index contributed by atoms with van der Waals surface area (Å²) in [6.45, 7) is 4.63. The third kappa shape index (κ3) is 6.44. The van der Waals surface area contributed by atoms with Gasteiger partial charge < -0.3 is 24.3 Å². The van der Waals surface area contributed by atoms with Gasteiger partial charge >= 0.3 is 0 Å². The molecule has 0 aliphatic carbocycles. The van der Waals surface area contributed by atoms with Gasteiger partial charge in [0.1, 0.15) is 12.4 Å². The van der Waals surface area contributed by atoms with E-state index >= 15 is 0 Å². The molecule has 6 nitrogen and oxygen atoms in total. The number of methoxy groups -OCH3 is 3. The van der Waals surface area contributed by atoms with Gasteiger partial charge in [0.15, 0.2) is 11.5 Å². The van der Waals surface area contributed by atoms with Crippen molar-refractivity contribution in [2.24, 2.45) is 5.92 Å². The summed E-state index contributed by atoms with van der Waals surface area (Å²) in [5.41, 5.74) is 2.39. The van der Waals surface area contributed by atoms with E-state index in [1.807, 2.05) is 66.7 Å². The van der Waals surface area contributed by atoms with E-state index in [0.717, 1.165) is 23.3 Å². The lowest BCUT2D eigenvalue weighted by Gasteiger charge is -2.23. The fourth-order valence-electron chi connectivity index (χ4n) is 3.78. The van der Waals surface area contributed by atoms with E-state index in [9.17, 15) is 4.79 Å². The second-order valence-corrected chi connectivity index (χ2v) is 8.42. The van der Waals surface area contributed by atoms with Crippen molar-refractivity contribution in [3.63, 3.8) is 0 Å². The van der Waals surface area contributed by atoms with Crippen molar-refractivity contribution in [1.82, 2.24) is 5.32 Å². The van der Waals surface area contributed by atoms with Gasteiger partial charge in [-0.3, -0.25) is 4.79 Å². The zero-order valence-electron chi connectivity index (χ0n) is 20.5. The van der Waals surface area contributed by atoms with E-state index in [0.29, 0.717) is 35.3 Å². The molecule has 1 amide bonds. The summed E-state index contributed by atoms with van der Waals surface area (Å²) in [4.78, 5) is 13.2. The van der Waals surface area contributed by atoms with Crippen LogP contribution in [0, 0.1) is 5.92 Å². The lowest BCUT2D eigenvalue weighted by molar-refractivity contribution is 0.0931. The fraction of sp³-hybridized carbons (Fsp3) is 0.321. The molecule has 0 aliphatic rings. The van der Waals surface area contributed by atoms with E-state index in [1.54, 1.807) is 21.3 Å². The molecule has 3 aromatic rings. The average molecular weight is 464 g/mol. The topological polar surface area (TPSA) is 66.0 Å². The Hall–Kier alpha value is -3.67. The van der Waals surface area contributed by atoms with Crippen LogP contribution < -0.4 is 24.3 Å². The Kier molecular flexibility index (Phi) is 8.79. The highest BCUT2D eigenvalue weighted by Gasteiger charge is 2.22. The number of hydrogen-bond acceptors (Lipinski definition) is 5. The molecule has 180 valence electrons. The molecule has 1 unspecified atom stereocenters. The van der Waals surface area contributed by atoms with Crippen molar-refractivity contribution in [2.45, 2.75) is 32.9 Å². The fourth-order valence-corrected chi connectivity index (χ4v) is 3.78. The van der Waals surface area contributed by atoms with Crippen LogP contribution in [0.5, 0.6) is 23.0 Å². The van der Waals surface area contributed by atoms with Gasteiger partial charge in [-0.25, -0.2) is 0 Å². The van der Waals surface area contributed by atoms with Gasteiger partial charge in [0.05, 0.1) is 27.4 Å². The van der Waals surface area contributed by atoms with Gasteiger partial charge in [0.25, 0.3) is 5.91 Å². The largest absolute Gasteiger partial charge is 0.493 e. The maximum Gasteiger partial charge on any atom is 0.251 e. The minimum atomic E-state index is -0.231. The lowest BCUT2D eigenvalue weighted by Crippen LogP contribution is -2.29. The van der Waals surface area contributed by atoms with Gasteiger partial charge in [-0.2, -0.15) is 0 Å². The molecule has 0 radical (unpaired) electrons. The predicted octanol–water partition coefficient (Wildman–Crippen LogP) is 5.81. The molecule has 0 spiro atoms. The molecule has 0 bridgehead atoms. The second-order valence-electron chi connectivity index (χ2n) is 8.42. The molecule has 0 saturated carbocycles. The average Bonchev–Trinajstić information content (AvgIpc) is 2.86. The smallest absolute Gasteiger partial charge is 0.251 e. The van der Waals surface area contributed by atoms with Crippen molar-refractivity contribution in [3.05, 3.63) is 83.4 Å². The van der Waals surface area contributed by atoms with Crippen LogP contribution in [0.4, 0.5) is 0 Å². The number of para-hydroxylation sites is 1. The normalized spacial score (nSPS) is 11.6. The summed E-state index contributed by atoms with van der Waals surface area (Å²) in [5, 5.41) is 3.19. The first-order valence-electron chi connectivity index (χ1n) is 11.3. The number of carbonyl (C=O) groups excluding carboxylic acids is 1. The van der Waals surface area contributed by atoms with Crippen LogP contribution in [0.1, 0.15) is 47.8 Å². The van der Waals surface area contributed by atoms with Crippen LogP contribution in [0.15, 0.2) is 66.7 Å². The highest BCUT2D eigenvalue weighted by atomic mass is 16.5. The summed E-state index contributed by atoms with van der Waals surface area (Å²) in [6, 6.07) is 20.6. The van der Waals surface area contributed by atoms with Gasteiger partial charge in [-0.15, -0.1) is 0 Å². The highest BCUT2D eigenvalue weighted by molar-refractivity contribution is 5.94. The maximum atomic E-state index is 13.2. The van der Waals surface area contributed by atoms with Crippen molar-refractivity contribution < 1.29 is 23.7 Å². The number of benzene rings is 3. The van der Waals surface area contributed by atoms with Crippen LogP contribution >= 0.6 is 0 Å². The summed E-state index contributed by atoms with van der Waals surface area (Å²) < 4.78 is 22.3. The minimum Gasteiger partial charge on any atom is -0.493 e. The Labute approximate surface area is 201 Å². The molecule has 1 N–H and O–H groups in total. The van der Waals surface area contributed by atoms with Crippen LogP contribution in [0.3, 0.4) is 0 Å². The third-order valence-corrected chi connectivity index (χ3v) is 5.44. The summed E-state index contributed by atoms with van der Waals surface area (Å²) >= 11 is 0. The maximum absolute atomic E-state index is 13.2. The van der Waals surface area contributed by atoms with Crippen molar-refractivity contribution in [1.29, 1.82) is 0 Å².